The number of benzene rings is 2. The second kappa shape index (κ2) is 12.9. The summed E-state index contributed by atoms with van der Waals surface area (Å²) in [6, 6.07) is 6.57. The number of rotatable bonds is 8. The summed E-state index contributed by atoms with van der Waals surface area (Å²) in [5.41, 5.74) is 1.72. The molecule has 0 aliphatic carbocycles. The molecule has 3 aromatic rings. The molecule has 0 radical (unpaired) electrons. The number of methoxy groups -OCH3 is 5. The number of carbonyl (C=O) groups is 5. The molecule has 0 saturated carbocycles. The summed E-state index contributed by atoms with van der Waals surface area (Å²) in [7, 11) is 5.33. The fraction of sp³-hybridized carbons (Fsp3) is 0.267. The van der Waals surface area contributed by atoms with Gasteiger partial charge in [-0.15, -0.1) is 0 Å². The van der Waals surface area contributed by atoms with Crippen molar-refractivity contribution < 1.29 is 52.4 Å². The third-order valence-electron chi connectivity index (χ3n) is 6.24. The van der Waals surface area contributed by atoms with Gasteiger partial charge in [-0.2, -0.15) is 0 Å². The Hall–Kier alpha value is -5.26. The van der Waals surface area contributed by atoms with E-state index in [0.717, 1.165) is 63.7 Å². The molecule has 0 aliphatic heterocycles. The van der Waals surface area contributed by atoms with E-state index in [2.05, 4.69) is 4.74 Å². The zero-order valence-electron chi connectivity index (χ0n) is 24.3. The van der Waals surface area contributed by atoms with Gasteiger partial charge in [-0.1, -0.05) is 11.6 Å². The second-order valence-electron chi connectivity index (χ2n) is 8.95. The monoisotopic (exact) mass is 579 g/mol. The molecule has 0 N–H and O–H groups in total. The smallest absolute Gasteiger partial charge is 0.374 e. The summed E-state index contributed by atoms with van der Waals surface area (Å²) >= 11 is 0. The van der Waals surface area contributed by atoms with Crippen LogP contribution in [0.2, 0.25) is 0 Å². The van der Waals surface area contributed by atoms with Crippen LogP contribution in [0.3, 0.4) is 0 Å². The van der Waals surface area contributed by atoms with Gasteiger partial charge in [0.15, 0.2) is 0 Å². The van der Waals surface area contributed by atoms with Gasteiger partial charge in [-0.25, -0.2) is 29.0 Å². The fourth-order valence-corrected chi connectivity index (χ4v) is 4.37. The molecule has 12 heteroatoms. The lowest BCUT2D eigenvalue weighted by atomic mass is 9.91. The number of nitrogens with zero attached hydrogens (tertiary/aromatic N) is 1. The first-order valence-electron chi connectivity index (χ1n) is 12.3. The molecular weight excluding hydrogens is 550 g/mol. The summed E-state index contributed by atoms with van der Waals surface area (Å²) in [6.07, 6.45) is 0.714. The molecular formula is C30H29NO11. The lowest BCUT2D eigenvalue weighted by molar-refractivity contribution is -0.140. The van der Waals surface area contributed by atoms with Gasteiger partial charge in [0.2, 0.25) is 5.76 Å². The number of esters is 5. The van der Waals surface area contributed by atoms with Crippen LogP contribution in [0.25, 0.3) is 22.2 Å². The molecule has 0 fully saturated rings. The Balaban J connectivity index is 2.61. The van der Waals surface area contributed by atoms with Crippen LogP contribution >= 0.6 is 0 Å². The molecule has 2 aromatic carbocycles. The van der Waals surface area contributed by atoms with Gasteiger partial charge < -0.3 is 28.4 Å². The van der Waals surface area contributed by atoms with Gasteiger partial charge in [0, 0.05) is 5.39 Å². The SMILES string of the molecule is COC(=O)/C=C(/Oc1cc(C(=O)OC)c(C(=O)OC)c(C(=O)OC)c1-c1cc(C)c2cc(C)cc(C)c2n1)C(=O)OC. The van der Waals surface area contributed by atoms with Gasteiger partial charge in [0.05, 0.1) is 75.1 Å². The predicted molar refractivity (Wildman–Crippen MR) is 148 cm³/mol. The minimum atomic E-state index is -1.09. The molecule has 1 aromatic heterocycles. The van der Waals surface area contributed by atoms with E-state index in [4.69, 9.17) is 28.7 Å². The number of hydrogen-bond acceptors (Lipinski definition) is 12. The number of aryl methyl sites for hydroxylation is 3. The average molecular weight is 580 g/mol. The molecule has 0 atom stereocenters. The second-order valence-corrected chi connectivity index (χ2v) is 8.95. The highest BCUT2D eigenvalue weighted by molar-refractivity contribution is 6.15. The topological polar surface area (TPSA) is 154 Å². The number of fused-ring (bicyclic) bond motifs is 1. The number of ether oxygens (including phenoxy) is 6. The number of carbonyl (C=O) groups excluding carboxylic acids is 5. The van der Waals surface area contributed by atoms with Crippen LogP contribution in [0.4, 0.5) is 0 Å². The predicted octanol–water partition coefficient (Wildman–Crippen LogP) is 3.80. The van der Waals surface area contributed by atoms with E-state index in [1.807, 2.05) is 32.9 Å². The molecule has 1 heterocycles. The maximum absolute atomic E-state index is 13.4. The van der Waals surface area contributed by atoms with Gasteiger partial charge >= 0.3 is 29.8 Å². The highest BCUT2D eigenvalue weighted by Gasteiger charge is 2.34. The molecule has 0 unspecified atom stereocenters. The van der Waals surface area contributed by atoms with Crippen LogP contribution in [-0.2, 0) is 33.3 Å². The summed E-state index contributed by atoms with van der Waals surface area (Å²) in [5.74, 6) is -6.20. The van der Waals surface area contributed by atoms with E-state index < -0.39 is 52.3 Å². The molecule has 12 nitrogen and oxygen atoms in total. The Kier molecular flexibility index (Phi) is 9.63. The van der Waals surface area contributed by atoms with Crippen molar-refractivity contribution >= 4 is 40.7 Å². The highest BCUT2D eigenvalue weighted by atomic mass is 16.6. The normalized spacial score (nSPS) is 11.0. The third-order valence-corrected chi connectivity index (χ3v) is 6.24. The Morgan fingerprint density at radius 2 is 1.31 bits per heavy atom. The van der Waals surface area contributed by atoms with Crippen molar-refractivity contribution in [1.29, 1.82) is 0 Å². The number of pyridine rings is 1. The van der Waals surface area contributed by atoms with Gasteiger partial charge in [-0.05, 0) is 50.1 Å². The van der Waals surface area contributed by atoms with Crippen molar-refractivity contribution in [3.63, 3.8) is 0 Å². The summed E-state index contributed by atoms with van der Waals surface area (Å²) in [6.45, 7) is 5.63. The standard InChI is InChI=1S/C30H29NO11/c1-14-9-16(3)26-17(10-14)15(2)11-19(31-26)24-20(42-21(28(34)39-6)13-22(32)37-4)12-18(27(33)38-5)23(29(35)40-7)25(24)30(36)41-8/h9-13H,1-8H3/b21-13+. The zero-order valence-corrected chi connectivity index (χ0v) is 24.3. The molecule has 220 valence electrons. The Labute approximate surface area is 241 Å². The van der Waals surface area contributed by atoms with Gasteiger partial charge in [0.1, 0.15) is 5.75 Å². The van der Waals surface area contributed by atoms with Crippen LogP contribution in [0, 0.1) is 20.8 Å². The molecule has 0 saturated heterocycles. The fourth-order valence-electron chi connectivity index (χ4n) is 4.37. The number of hydrogen-bond donors (Lipinski definition) is 0. The summed E-state index contributed by atoms with van der Waals surface area (Å²) in [4.78, 5) is 68.8. The van der Waals surface area contributed by atoms with Crippen LogP contribution in [0.15, 0.2) is 36.1 Å². The highest BCUT2D eigenvalue weighted by Crippen LogP contribution is 2.40. The molecule has 0 bridgehead atoms. The summed E-state index contributed by atoms with van der Waals surface area (Å²) < 4.78 is 30.0. The first kappa shape index (κ1) is 31.3. The Morgan fingerprint density at radius 1 is 0.690 bits per heavy atom. The largest absolute Gasteiger partial charge is 0.466 e. The van der Waals surface area contributed by atoms with Crippen molar-refractivity contribution in [2.45, 2.75) is 20.8 Å². The maximum atomic E-state index is 13.4. The van der Waals surface area contributed by atoms with E-state index >= 15 is 0 Å². The molecule has 0 aliphatic rings. The van der Waals surface area contributed by atoms with Crippen LogP contribution in [0.1, 0.15) is 47.8 Å². The van der Waals surface area contributed by atoms with Crippen LogP contribution in [-0.4, -0.2) is 70.4 Å². The van der Waals surface area contributed by atoms with Crippen molar-refractivity contribution in [1.82, 2.24) is 4.98 Å². The number of aromatic nitrogens is 1. The van der Waals surface area contributed by atoms with E-state index in [0.29, 0.717) is 11.6 Å². The van der Waals surface area contributed by atoms with Crippen molar-refractivity contribution in [2.75, 3.05) is 35.5 Å². The first-order valence-corrected chi connectivity index (χ1v) is 12.3. The quantitative estimate of drug-likeness (QED) is 0.165. The molecule has 0 spiro atoms. The zero-order chi connectivity index (χ0) is 31.3. The first-order chi connectivity index (χ1) is 19.9. The van der Waals surface area contributed by atoms with E-state index in [-0.39, 0.29) is 17.0 Å². The molecule has 42 heavy (non-hydrogen) atoms. The van der Waals surface area contributed by atoms with Gasteiger partial charge in [0.25, 0.3) is 0 Å². The Morgan fingerprint density at radius 3 is 1.88 bits per heavy atom. The van der Waals surface area contributed by atoms with Gasteiger partial charge in [-0.3, -0.25) is 0 Å². The van der Waals surface area contributed by atoms with Crippen LogP contribution < -0.4 is 4.74 Å². The van der Waals surface area contributed by atoms with E-state index in [1.54, 1.807) is 6.07 Å². The lowest BCUT2D eigenvalue weighted by Crippen LogP contribution is -2.21. The molecule has 0 amide bonds. The molecule has 3 rings (SSSR count). The van der Waals surface area contributed by atoms with Crippen molar-refractivity contribution in [3.8, 4) is 17.0 Å². The average Bonchev–Trinajstić information content (AvgIpc) is 2.98. The van der Waals surface area contributed by atoms with Crippen molar-refractivity contribution in [3.05, 3.63) is 69.5 Å². The lowest BCUT2D eigenvalue weighted by Gasteiger charge is -2.20. The minimum Gasteiger partial charge on any atom is -0.466 e. The maximum Gasteiger partial charge on any atom is 0.374 e. The van der Waals surface area contributed by atoms with E-state index in [1.165, 1.54) is 0 Å². The van der Waals surface area contributed by atoms with Crippen molar-refractivity contribution in [2.24, 2.45) is 0 Å². The Bertz CT molecular complexity index is 1650. The summed E-state index contributed by atoms with van der Waals surface area (Å²) in [5, 5.41) is 0.832. The van der Waals surface area contributed by atoms with Crippen LogP contribution in [0.5, 0.6) is 5.75 Å². The van der Waals surface area contributed by atoms with E-state index in [9.17, 15) is 24.0 Å². The minimum absolute atomic E-state index is 0.117. The third kappa shape index (κ3) is 6.07.